The normalized spacial score (nSPS) is 11.9. The molecule has 1 radical (unpaired) electrons. The Morgan fingerprint density at radius 2 is 0.654 bits per heavy atom. The fourth-order valence-corrected chi connectivity index (χ4v) is 5.61. The van der Waals surface area contributed by atoms with E-state index in [1.165, 1.54) is 0 Å². The van der Waals surface area contributed by atoms with E-state index < -0.39 is 5.54 Å². The summed E-state index contributed by atoms with van der Waals surface area (Å²) < 4.78 is 0. The van der Waals surface area contributed by atoms with Gasteiger partial charge >= 0.3 is 0 Å². The van der Waals surface area contributed by atoms with E-state index in [1.54, 1.807) is 0 Å². The van der Waals surface area contributed by atoms with Crippen LogP contribution < -0.4 is 16.8 Å². The van der Waals surface area contributed by atoms with E-state index >= 15 is 0 Å². The summed E-state index contributed by atoms with van der Waals surface area (Å²) in [5.74, 6) is 0. The quantitative estimate of drug-likeness (QED) is 0.0744. The fourth-order valence-electron chi connectivity index (χ4n) is 5.61. The van der Waals surface area contributed by atoms with Crippen LogP contribution in [0.15, 0.2) is 182 Å². The molecular weight excluding hydrogens is 719 g/mol. The van der Waals surface area contributed by atoms with Crippen molar-refractivity contribution in [1.82, 2.24) is 5.32 Å². The second-order valence-corrected chi connectivity index (χ2v) is 11.5. The smallest absolute Gasteiger partial charge is 0.0953 e. The molecule has 0 spiro atoms. The summed E-state index contributed by atoms with van der Waals surface area (Å²) in [6.45, 7) is 0.00624. The third kappa shape index (κ3) is 13.0. The van der Waals surface area contributed by atoms with Gasteiger partial charge in [0.1, 0.15) is 0 Å². The fraction of sp³-hybridized carbons (Fsp3) is 0.200. The molecule has 7 heteroatoms. The number of hydrogen-bond acceptors (Lipinski definition) is 6. The zero-order valence-electron chi connectivity index (χ0n) is 28.2. The van der Waals surface area contributed by atoms with Crippen molar-refractivity contribution in [2.24, 2.45) is 11.5 Å². The second-order valence-electron chi connectivity index (χ2n) is 11.5. The van der Waals surface area contributed by atoms with Crippen molar-refractivity contribution < 1.29 is 48.0 Å². The van der Waals surface area contributed by atoms with Gasteiger partial charge in [0.15, 0.2) is 0 Å². The number of rotatable bonds is 11. The molecule has 0 aliphatic carbocycles. The molecule has 0 aliphatic heterocycles. The van der Waals surface area contributed by atoms with Gasteiger partial charge in [-0.2, -0.15) is 0 Å². The zero-order valence-corrected chi connectivity index (χ0v) is 31.1. The van der Waals surface area contributed by atoms with Crippen LogP contribution in [0, 0.1) is 0 Å². The first kappa shape index (κ1) is 46.2. The van der Waals surface area contributed by atoms with Crippen molar-refractivity contribution in [2.45, 2.75) is 38.5 Å². The SMILES string of the molecule is C.C.N[C@H](CO)c1ccccc1.N[C@H](CO)c1ccccc1.OC[C@@H](NC(c1ccccc1)(c1ccccc1)c1ccccc1)c1ccccc1.[Y]. The van der Waals surface area contributed by atoms with Gasteiger partial charge in [-0.3, -0.25) is 5.32 Å². The predicted octanol–water partition coefficient (Wildman–Crippen LogP) is 7.93. The van der Waals surface area contributed by atoms with Crippen molar-refractivity contribution >= 4 is 0 Å². The van der Waals surface area contributed by atoms with Crippen LogP contribution in [-0.2, 0) is 38.2 Å². The summed E-state index contributed by atoms with van der Waals surface area (Å²) in [6, 6.07) is 59.9. The third-order valence-electron chi connectivity index (χ3n) is 8.24. The first-order chi connectivity index (χ1) is 24.0. The van der Waals surface area contributed by atoms with Crippen LogP contribution in [0.1, 0.15) is 66.4 Å². The molecule has 6 aromatic rings. The largest absolute Gasteiger partial charge is 0.394 e. The Morgan fingerprint density at radius 3 is 0.904 bits per heavy atom. The van der Waals surface area contributed by atoms with Crippen LogP contribution in [0.2, 0.25) is 0 Å². The van der Waals surface area contributed by atoms with Gasteiger partial charge in [-0.05, 0) is 33.4 Å². The zero-order chi connectivity index (χ0) is 34.7. The topological polar surface area (TPSA) is 125 Å². The van der Waals surface area contributed by atoms with Crippen molar-refractivity contribution in [3.63, 3.8) is 0 Å². The summed E-state index contributed by atoms with van der Waals surface area (Å²) in [5, 5.41) is 31.5. The minimum absolute atomic E-state index is 0. The number of aliphatic hydroxyl groups is 3. The third-order valence-corrected chi connectivity index (χ3v) is 8.24. The molecule has 0 amide bonds. The Labute approximate surface area is 336 Å². The molecule has 0 saturated heterocycles. The molecule has 6 rings (SSSR count). The predicted molar refractivity (Wildman–Crippen MR) is 213 cm³/mol. The molecule has 0 saturated carbocycles. The molecule has 0 aliphatic rings. The van der Waals surface area contributed by atoms with Gasteiger partial charge in [-0.1, -0.05) is 197 Å². The van der Waals surface area contributed by atoms with Gasteiger partial charge in [0.05, 0.1) is 43.5 Å². The van der Waals surface area contributed by atoms with E-state index in [2.05, 4.69) is 90.2 Å². The number of benzene rings is 6. The summed E-state index contributed by atoms with van der Waals surface area (Å²) in [5.41, 5.74) is 16.9. The maximum atomic E-state index is 10.3. The Morgan fingerprint density at radius 1 is 0.404 bits per heavy atom. The summed E-state index contributed by atoms with van der Waals surface area (Å²) >= 11 is 0. The maximum absolute atomic E-state index is 10.3. The maximum Gasteiger partial charge on any atom is 0.0953 e. The number of nitrogens with two attached hydrogens (primary N) is 2. The summed E-state index contributed by atoms with van der Waals surface area (Å²) in [4.78, 5) is 0. The molecule has 52 heavy (non-hydrogen) atoms. The monoisotopic (exact) mass is 774 g/mol. The van der Waals surface area contributed by atoms with E-state index in [0.29, 0.717) is 0 Å². The molecular formula is C45H55N3O3Y. The number of aliphatic hydroxyl groups excluding tert-OH is 3. The molecule has 0 unspecified atom stereocenters. The van der Waals surface area contributed by atoms with Gasteiger partial charge in [-0.15, -0.1) is 0 Å². The Hall–Kier alpha value is -3.82. The van der Waals surface area contributed by atoms with E-state index in [9.17, 15) is 5.11 Å². The summed E-state index contributed by atoms with van der Waals surface area (Å²) in [7, 11) is 0. The Bertz CT molecular complexity index is 1580. The average Bonchev–Trinajstić information content (AvgIpc) is 3.20. The van der Waals surface area contributed by atoms with Crippen LogP contribution >= 0.6 is 0 Å². The molecule has 271 valence electrons. The first-order valence-corrected chi connectivity index (χ1v) is 16.5. The molecule has 6 aromatic carbocycles. The number of hydrogen-bond donors (Lipinski definition) is 6. The second kappa shape index (κ2) is 25.2. The van der Waals surface area contributed by atoms with Crippen LogP contribution in [0.5, 0.6) is 0 Å². The molecule has 0 heterocycles. The van der Waals surface area contributed by atoms with E-state index in [1.807, 2.05) is 97.1 Å². The van der Waals surface area contributed by atoms with Gasteiger partial charge < -0.3 is 26.8 Å². The van der Waals surface area contributed by atoms with E-state index in [0.717, 1.165) is 33.4 Å². The summed E-state index contributed by atoms with van der Waals surface area (Å²) in [6.07, 6.45) is 0. The Balaban J connectivity index is 0.000000486. The van der Waals surface area contributed by atoms with E-state index in [-0.39, 0.29) is 85.5 Å². The minimum atomic E-state index is -0.604. The average molecular weight is 775 g/mol. The molecule has 8 N–H and O–H groups in total. The molecule has 3 atom stereocenters. The molecule has 0 bridgehead atoms. The first-order valence-electron chi connectivity index (χ1n) is 16.5. The Kier molecular flexibility index (Phi) is 22.4. The van der Waals surface area contributed by atoms with Gasteiger partial charge in [0.2, 0.25) is 0 Å². The number of nitrogens with one attached hydrogen (secondary N) is 1. The van der Waals surface area contributed by atoms with Crippen molar-refractivity contribution in [1.29, 1.82) is 0 Å². The van der Waals surface area contributed by atoms with E-state index in [4.69, 9.17) is 21.7 Å². The van der Waals surface area contributed by atoms with Gasteiger partial charge in [-0.25, -0.2) is 0 Å². The molecule has 0 aromatic heterocycles. The van der Waals surface area contributed by atoms with Crippen molar-refractivity contribution in [3.8, 4) is 0 Å². The minimum Gasteiger partial charge on any atom is -0.394 e. The van der Waals surface area contributed by atoms with Gasteiger partial charge in [0.25, 0.3) is 0 Å². The van der Waals surface area contributed by atoms with Crippen LogP contribution in [-0.4, -0.2) is 35.1 Å². The standard InChI is InChI=1S/C27H25NO.2C8H11NO.2CH4.Y/c29-21-26(22-13-5-1-6-14-22)28-27(23-15-7-2-8-16-23,24-17-9-3-10-18-24)25-19-11-4-12-20-25;2*9-8(6-10)7-4-2-1-3-5-7;;;/h1-20,26,28-29H,21H2;2*1-5,8,10H,6,9H2;2*1H4;/t26-;2*8-;;;/m111.../s1. The van der Waals surface area contributed by atoms with Gasteiger partial charge in [0, 0.05) is 32.7 Å². The van der Waals surface area contributed by atoms with Crippen molar-refractivity contribution in [2.75, 3.05) is 19.8 Å². The van der Waals surface area contributed by atoms with Crippen LogP contribution in [0.25, 0.3) is 0 Å². The van der Waals surface area contributed by atoms with Crippen molar-refractivity contribution in [3.05, 3.63) is 215 Å². The van der Waals surface area contributed by atoms with Crippen LogP contribution in [0.4, 0.5) is 0 Å². The molecule has 6 nitrogen and oxygen atoms in total. The van der Waals surface area contributed by atoms with Crippen LogP contribution in [0.3, 0.4) is 0 Å². The molecule has 0 fully saturated rings.